The zero-order chi connectivity index (χ0) is 37.3. The average molecular weight is 909 g/mol. The van der Waals surface area contributed by atoms with Gasteiger partial charge in [0, 0.05) is 32.5 Å². The lowest BCUT2D eigenvalue weighted by Crippen LogP contribution is -2.31. The van der Waals surface area contributed by atoms with Crippen LogP contribution in [0.15, 0.2) is 99.1 Å². The molecule has 2 aromatic carbocycles. The predicted molar refractivity (Wildman–Crippen MR) is 203 cm³/mol. The molecule has 4 aromatic heterocycles. The molecule has 3 N–H and O–H groups in total. The number of rotatable bonds is 6. The SMILES string of the molecule is C.CC(C)(N)c1ncccc1F.CC(C)(Nc1ncc(-c2cc(Br)ccc2F)nn1)c1ncccc1F.Fc1ccc(Br)cc1-c1cnc(Br)nn1. The van der Waals surface area contributed by atoms with Crippen LogP contribution in [0.5, 0.6) is 0 Å². The second-order valence-electron chi connectivity index (χ2n) is 11.7. The summed E-state index contributed by atoms with van der Waals surface area (Å²) >= 11 is 9.62. The van der Waals surface area contributed by atoms with Gasteiger partial charge < -0.3 is 11.1 Å². The van der Waals surface area contributed by atoms with E-state index < -0.39 is 22.7 Å². The summed E-state index contributed by atoms with van der Waals surface area (Å²) in [5.74, 6) is -1.36. The maximum absolute atomic E-state index is 14.0. The Morgan fingerprint density at radius 3 is 1.48 bits per heavy atom. The van der Waals surface area contributed by atoms with Crippen molar-refractivity contribution in [2.75, 3.05) is 5.32 Å². The molecular formula is C35H33Br3F4N10. The third-order valence-electron chi connectivity index (χ3n) is 6.65. The molecule has 0 aliphatic heterocycles. The molecular weight excluding hydrogens is 876 g/mol. The van der Waals surface area contributed by atoms with Gasteiger partial charge in [0.05, 0.1) is 29.2 Å². The number of hydrogen-bond donors (Lipinski definition) is 2. The van der Waals surface area contributed by atoms with Gasteiger partial charge in [-0.15, -0.1) is 20.4 Å². The molecule has 6 rings (SSSR count). The summed E-state index contributed by atoms with van der Waals surface area (Å²) in [4.78, 5) is 16.0. The first-order valence-corrected chi connectivity index (χ1v) is 17.2. The van der Waals surface area contributed by atoms with Crippen LogP contribution in [0.4, 0.5) is 23.5 Å². The average Bonchev–Trinajstić information content (AvgIpc) is 3.08. The molecule has 0 unspecified atom stereocenters. The van der Waals surface area contributed by atoms with E-state index in [1.54, 1.807) is 58.0 Å². The molecule has 0 amide bonds. The van der Waals surface area contributed by atoms with Crippen molar-refractivity contribution in [3.63, 3.8) is 0 Å². The Balaban J connectivity index is 0.000000230. The van der Waals surface area contributed by atoms with Crippen molar-refractivity contribution in [2.24, 2.45) is 5.73 Å². The molecule has 0 saturated carbocycles. The molecule has 10 nitrogen and oxygen atoms in total. The summed E-state index contributed by atoms with van der Waals surface area (Å²) in [6.07, 6.45) is 5.92. The van der Waals surface area contributed by atoms with Crippen LogP contribution in [0, 0.1) is 23.3 Å². The molecule has 0 aliphatic rings. The standard InChI is InChI=1S/C17H14BrF2N5.C9H4Br2FN3.C8H11FN2.CH4/c1-17(2,15-13(20)4-3-7-21-15)23-16-22-9-14(24-25-16)11-8-10(18)5-6-12(11)19;10-5-1-2-7(12)6(3-5)8-4-13-9(11)15-14-8;1-8(2,10)7-6(9)4-3-5-11-7;/h3-9H,1-2H3,(H,22,23,25);1-4H;3-5H,10H2,1-2H3;1H4. The highest BCUT2D eigenvalue weighted by atomic mass is 79.9. The lowest BCUT2D eigenvalue weighted by Gasteiger charge is -2.25. The van der Waals surface area contributed by atoms with Crippen molar-refractivity contribution < 1.29 is 17.6 Å². The molecule has 0 saturated heterocycles. The number of halogens is 7. The topological polar surface area (TPSA) is 141 Å². The van der Waals surface area contributed by atoms with Crippen LogP contribution < -0.4 is 11.1 Å². The molecule has 272 valence electrons. The minimum atomic E-state index is -0.852. The van der Waals surface area contributed by atoms with Gasteiger partial charge in [-0.25, -0.2) is 27.5 Å². The smallest absolute Gasteiger partial charge is 0.243 e. The van der Waals surface area contributed by atoms with E-state index in [1.165, 1.54) is 55.1 Å². The first-order chi connectivity index (χ1) is 24.0. The number of nitrogens with two attached hydrogens (primary N) is 1. The third-order valence-corrected chi connectivity index (χ3v) is 8.00. The van der Waals surface area contributed by atoms with E-state index in [0.717, 1.165) is 8.95 Å². The summed E-state index contributed by atoms with van der Waals surface area (Å²) < 4.78 is 56.1. The van der Waals surface area contributed by atoms with Gasteiger partial charge in [0.15, 0.2) is 0 Å². The maximum Gasteiger partial charge on any atom is 0.243 e. The van der Waals surface area contributed by atoms with Gasteiger partial charge in [0.2, 0.25) is 10.7 Å². The van der Waals surface area contributed by atoms with Crippen LogP contribution in [0.2, 0.25) is 0 Å². The normalized spacial score (nSPS) is 10.9. The van der Waals surface area contributed by atoms with Crippen LogP contribution in [-0.4, -0.2) is 40.3 Å². The van der Waals surface area contributed by atoms with Gasteiger partial charge in [0.1, 0.15) is 40.4 Å². The van der Waals surface area contributed by atoms with Crippen LogP contribution in [0.25, 0.3) is 22.5 Å². The van der Waals surface area contributed by atoms with Gasteiger partial charge in [-0.2, -0.15) is 0 Å². The van der Waals surface area contributed by atoms with Crippen LogP contribution >= 0.6 is 47.8 Å². The molecule has 4 heterocycles. The van der Waals surface area contributed by atoms with E-state index in [9.17, 15) is 17.6 Å². The maximum atomic E-state index is 14.0. The van der Waals surface area contributed by atoms with Crippen LogP contribution in [-0.2, 0) is 11.1 Å². The Morgan fingerprint density at radius 2 is 1.08 bits per heavy atom. The van der Waals surface area contributed by atoms with Gasteiger partial charge in [-0.3, -0.25) is 9.97 Å². The van der Waals surface area contributed by atoms with Gasteiger partial charge >= 0.3 is 0 Å². The first kappa shape index (κ1) is 42.1. The van der Waals surface area contributed by atoms with Crippen LogP contribution in [0.3, 0.4) is 0 Å². The Morgan fingerprint density at radius 1 is 0.596 bits per heavy atom. The summed E-state index contributed by atoms with van der Waals surface area (Å²) in [5, 5.41) is 18.5. The fourth-order valence-corrected chi connectivity index (χ4v) is 5.18. The third kappa shape index (κ3) is 11.6. The van der Waals surface area contributed by atoms with E-state index in [2.05, 4.69) is 93.4 Å². The molecule has 52 heavy (non-hydrogen) atoms. The van der Waals surface area contributed by atoms with Crippen LogP contribution in [0.1, 0.15) is 46.5 Å². The highest BCUT2D eigenvalue weighted by molar-refractivity contribution is 9.11. The monoisotopic (exact) mass is 906 g/mol. The zero-order valence-electron chi connectivity index (χ0n) is 27.4. The number of hydrogen-bond acceptors (Lipinski definition) is 10. The highest BCUT2D eigenvalue weighted by Crippen LogP contribution is 2.27. The van der Waals surface area contributed by atoms with Gasteiger partial charge in [-0.05, 0) is 104 Å². The van der Waals surface area contributed by atoms with Crippen molar-refractivity contribution in [2.45, 2.75) is 46.2 Å². The van der Waals surface area contributed by atoms with E-state index in [4.69, 9.17) is 5.73 Å². The Kier molecular flexibility index (Phi) is 14.9. The largest absolute Gasteiger partial charge is 0.342 e. The second-order valence-corrected chi connectivity index (χ2v) is 14.2. The quantitative estimate of drug-likeness (QED) is 0.155. The minimum Gasteiger partial charge on any atom is -0.342 e. The Labute approximate surface area is 323 Å². The summed E-state index contributed by atoms with van der Waals surface area (Å²) in [7, 11) is 0. The molecule has 0 bridgehead atoms. The molecule has 0 radical (unpaired) electrons. The molecule has 0 aliphatic carbocycles. The lowest BCUT2D eigenvalue weighted by atomic mass is 10.00. The Hall–Kier alpha value is -4.32. The van der Waals surface area contributed by atoms with E-state index in [1.807, 2.05) is 0 Å². The van der Waals surface area contributed by atoms with Crippen molar-refractivity contribution in [3.05, 3.63) is 134 Å². The second kappa shape index (κ2) is 18.4. The fraction of sp³-hybridized carbons (Fsp3) is 0.200. The van der Waals surface area contributed by atoms with Crippen molar-refractivity contribution in [1.29, 1.82) is 0 Å². The van der Waals surface area contributed by atoms with E-state index >= 15 is 0 Å². The lowest BCUT2D eigenvalue weighted by molar-refractivity contribution is 0.482. The summed E-state index contributed by atoms with van der Waals surface area (Å²) in [6.45, 7) is 6.95. The molecule has 6 aromatic rings. The van der Waals surface area contributed by atoms with Gasteiger partial charge in [-0.1, -0.05) is 39.3 Å². The fourth-order valence-electron chi connectivity index (χ4n) is 4.27. The number of benzene rings is 2. The summed E-state index contributed by atoms with van der Waals surface area (Å²) in [5.41, 5.74) is 6.00. The van der Waals surface area contributed by atoms with Crippen molar-refractivity contribution in [3.8, 4) is 22.5 Å². The minimum absolute atomic E-state index is 0. The van der Waals surface area contributed by atoms with E-state index in [0.29, 0.717) is 27.4 Å². The van der Waals surface area contributed by atoms with Crippen molar-refractivity contribution >= 4 is 53.7 Å². The first-order valence-electron chi connectivity index (χ1n) is 14.8. The zero-order valence-corrected chi connectivity index (χ0v) is 32.1. The number of anilines is 1. The molecule has 0 atom stereocenters. The Bertz CT molecular complexity index is 2080. The summed E-state index contributed by atoms with van der Waals surface area (Å²) in [6, 6.07) is 14.9. The number of nitrogens with one attached hydrogen (secondary N) is 1. The van der Waals surface area contributed by atoms with Gasteiger partial charge in [0.25, 0.3) is 0 Å². The highest BCUT2D eigenvalue weighted by Gasteiger charge is 2.26. The van der Waals surface area contributed by atoms with E-state index in [-0.39, 0.29) is 36.3 Å². The van der Waals surface area contributed by atoms with Crippen molar-refractivity contribution in [1.82, 2.24) is 40.3 Å². The molecule has 0 spiro atoms. The predicted octanol–water partition coefficient (Wildman–Crippen LogP) is 9.57. The number of nitrogens with zero attached hydrogens (tertiary/aromatic N) is 8. The molecule has 17 heteroatoms. The number of pyridine rings is 2. The molecule has 0 fully saturated rings. The number of aromatic nitrogens is 8.